The van der Waals surface area contributed by atoms with E-state index in [0.717, 1.165) is 33.7 Å². The normalized spacial score (nSPS) is 14.6. The molecule has 2 aromatic rings. The maximum atomic E-state index is 4.76. The Kier molecular flexibility index (Phi) is 3.65. The molecule has 0 aliphatic heterocycles. The highest BCUT2D eigenvalue weighted by Crippen LogP contribution is 2.40. The van der Waals surface area contributed by atoms with Crippen LogP contribution in [0, 0.1) is 6.92 Å². The zero-order chi connectivity index (χ0) is 14.1. The number of nitrogens with one attached hydrogen (secondary N) is 1. The van der Waals surface area contributed by atoms with Crippen molar-refractivity contribution < 1.29 is 0 Å². The first-order valence-electron chi connectivity index (χ1n) is 6.96. The summed E-state index contributed by atoms with van der Waals surface area (Å²) < 4.78 is 1.81. The first kappa shape index (κ1) is 13.4. The van der Waals surface area contributed by atoms with E-state index in [9.17, 15) is 0 Å². The van der Waals surface area contributed by atoms with Crippen LogP contribution in [0.15, 0.2) is 22.3 Å². The molecule has 1 N–H and O–H groups in total. The van der Waals surface area contributed by atoms with Gasteiger partial charge in [-0.3, -0.25) is 4.68 Å². The Hall–Kier alpha value is -1.56. The largest absolute Gasteiger partial charge is 0.370 e. The van der Waals surface area contributed by atoms with Gasteiger partial charge >= 0.3 is 0 Å². The molecular weight excluding hydrogens is 270 g/mol. The second-order valence-corrected chi connectivity index (χ2v) is 6.18. The summed E-state index contributed by atoms with van der Waals surface area (Å²) in [5.74, 6) is 2.51. The number of aryl methyl sites for hydroxylation is 1. The van der Waals surface area contributed by atoms with Gasteiger partial charge in [0.2, 0.25) is 0 Å². The predicted octanol–water partition coefficient (Wildman–Crippen LogP) is 2.98. The molecule has 2 aromatic heterocycles. The van der Waals surface area contributed by atoms with Crippen LogP contribution >= 0.6 is 11.8 Å². The Bertz CT molecular complexity index is 618. The molecule has 1 aliphatic rings. The van der Waals surface area contributed by atoms with Gasteiger partial charge in [-0.2, -0.15) is 5.10 Å². The van der Waals surface area contributed by atoms with Crippen molar-refractivity contribution in [2.75, 3.05) is 11.9 Å². The van der Waals surface area contributed by atoms with E-state index in [1.807, 2.05) is 24.1 Å². The van der Waals surface area contributed by atoms with Crippen molar-refractivity contribution in [1.82, 2.24) is 19.7 Å². The van der Waals surface area contributed by atoms with Gasteiger partial charge in [0.25, 0.3) is 0 Å². The van der Waals surface area contributed by atoms with E-state index in [2.05, 4.69) is 29.2 Å². The fourth-order valence-electron chi connectivity index (χ4n) is 2.04. The Labute approximate surface area is 123 Å². The minimum absolute atomic E-state index is 0.557. The molecule has 106 valence electrons. The van der Waals surface area contributed by atoms with Crippen molar-refractivity contribution in [2.45, 2.75) is 42.5 Å². The molecule has 0 unspecified atom stereocenters. The lowest BCUT2D eigenvalue weighted by Gasteiger charge is -2.12. The smallest absolute Gasteiger partial charge is 0.135 e. The minimum Gasteiger partial charge on any atom is -0.370 e. The molecule has 1 aliphatic carbocycles. The topological polar surface area (TPSA) is 55.6 Å². The van der Waals surface area contributed by atoms with Gasteiger partial charge in [0.05, 0.1) is 11.1 Å². The summed E-state index contributed by atoms with van der Waals surface area (Å²) in [6.07, 6.45) is 6.31. The summed E-state index contributed by atoms with van der Waals surface area (Å²) in [7, 11) is 1.93. The van der Waals surface area contributed by atoms with E-state index in [1.54, 1.807) is 11.8 Å². The molecule has 0 atom stereocenters. The van der Waals surface area contributed by atoms with Gasteiger partial charge in [-0.1, -0.05) is 11.8 Å². The highest BCUT2D eigenvalue weighted by molar-refractivity contribution is 7.99. The van der Waals surface area contributed by atoms with Crippen LogP contribution in [0.25, 0.3) is 0 Å². The molecule has 6 heteroatoms. The highest BCUT2D eigenvalue weighted by Gasteiger charge is 2.28. The Morgan fingerprint density at radius 1 is 1.40 bits per heavy atom. The Morgan fingerprint density at radius 3 is 2.80 bits per heavy atom. The lowest BCUT2D eigenvalue weighted by Crippen LogP contribution is -2.07. The standard InChI is InChI=1S/C14H19N5S/c1-4-15-12-9(2)14(18-13(17-12)10-5-6-10)20-11-7-16-19(3)8-11/h7-8,10H,4-6H2,1-3H3,(H,15,17,18). The fourth-order valence-corrected chi connectivity index (χ4v) is 2.96. The van der Waals surface area contributed by atoms with E-state index in [0.29, 0.717) is 5.92 Å². The van der Waals surface area contributed by atoms with Crippen LogP contribution < -0.4 is 5.32 Å². The highest BCUT2D eigenvalue weighted by atomic mass is 32.2. The number of hydrogen-bond donors (Lipinski definition) is 1. The van der Waals surface area contributed by atoms with E-state index in [-0.39, 0.29) is 0 Å². The summed E-state index contributed by atoms with van der Waals surface area (Å²) in [4.78, 5) is 10.5. The molecule has 0 spiro atoms. The van der Waals surface area contributed by atoms with Gasteiger partial charge in [-0.05, 0) is 26.7 Å². The second-order valence-electron chi connectivity index (χ2n) is 5.12. The summed E-state index contributed by atoms with van der Waals surface area (Å²) in [6, 6.07) is 0. The molecular formula is C14H19N5S. The van der Waals surface area contributed by atoms with Crippen molar-refractivity contribution in [2.24, 2.45) is 7.05 Å². The summed E-state index contributed by atoms with van der Waals surface area (Å²) >= 11 is 1.66. The van der Waals surface area contributed by atoms with E-state index >= 15 is 0 Å². The van der Waals surface area contributed by atoms with Crippen LogP contribution in [0.5, 0.6) is 0 Å². The fraction of sp³-hybridized carbons (Fsp3) is 0.500. The van der Waals surface area contributed by atoms with Gasteiger partial charge in [0.15, 0.2) is 0 Å². The first-order chi connectivity index (χ1) is 9.67. The third-order valence-corrected chi connectivity index (χ3v) is 4.34. The number of aromatic nitrogens is 4. The molecule has 1 saturated carbocycles. The summed E-state index contributed by atoms with van der Waals surface area (Å²) in [6.45, 7) is 5.04. The van der Waals surface area contributed by atoms with Crippen LogP contribution in [-0.2, 0) is 7.05 Å². The molecule has 5 nitrogen and oxygen atoms in total. The molecule has 0 radical (unpaired) electrons. The van der Waals surface area contributed by atoms with E-state index < -0.39 is 0 Å². The molecule has 0 amide bonds. The van der Waals surface area contributed by atoms with E-state index in [4.69, 9.17) is 4.98 Å². The van der Waals surface area contributed by atoms with Gasteiger partial charge in [-0.15, -0.1) is 0 Å². The molecule has 0 saturated heterocycles. The van der Waals surface area contributed by atoms with Crippen molar-refractivity contribution >= 4 is 17.6 Å². The van der Waals surface area contributed by atoms with Crippen LogP contribution in [0.3, 0.4) is 0 Å². The van der Waals surface area contributed by atoms with Gasteiger partial charge in [0, 0.05) is 31.3 Å². The maximum absolute atomic E-state index is 4.76. The van der Waals surface area contributed by atoms with Crippen LogP contribution in [0.1, 0.15) is 37.1 Å². The van der Waals surface area contributed by atoms with Crippen LogP contribution in [0.4, 0.5) is 5.82 Å². The lowest BCUT2D eigenvalue weighted by molar-refractivity contribution is 0.766. The lowest BCUT2D eigenvalue weighted by atomic mass is 10.3. The average Bonchev–Trinajstić information content (AvgIpc) is 3.19. The SMILES string of the molecule is CCNc1nc(C2CC2)nc(Sc2cnn(C)c2)c1C. The Morgan fingerprint density at radius 2 is 2.20 bits per heavy atom. The number of nitrogens with zero attached hydrogens (tertiary/aromatic N) is 4. The maximum Gasteiger partial charge on any atom is 0.135 e. The zero-order valence-corrected chi connectivity index (χ0v) is 12.9. The quantitative estimate of drug-likeness (QED) is 0.858. The van der Waals surface area contributed by atoms with Crippen LogP contribution in [-0.4, -0.2) is 26.3 Å². The minimum atomic E-state index is 0.557. The summed E-state index contributed by atoms with van der Waals surface area (Å²) in [5.41, 5.74) is 1.12. The molecule has 0 bridgehead atoms. The Balaban J connectivity index is 1.94. The predicted molar refractivity (Wildman–Crippen MR) is 80.2 cm³/mol. The number of anilines is 1. The first-order valence-corrected chi connectivity index (χ1v) is 7.78. The average molecular weight is 289 g/mol. The second kappa shape index (κ2) is 5.44. The summed E-state index contributed by atoms with van der Waals surface area (Å²) in [5, 5.41) is 8.59. The molecule has 20 heavy (non-hydrogen) atoms. The van der Waals surface area contributed by atoms with Gasteiger partial charge in [0.1, 0.15) is 16.7 Å². The third-order valence-electron chi connectivity index (χ3n) is 3.30. The zero-order valence-electron chi connectivity index (χ0n) is 12.1. The van der Waals surface area contributed by atoms with Crippen molar-refractivity contribution in [1.29, 1.82) is 0 Å². The van der Waals surface area contributed by atoms with Crippen LogP contribution in [0.2, 0.25) is 0 Å². The van der Waals surface area contributed by atoms with Gasteiger partial charge < -0.3 is 5.32 Å². The number of hydrogen-bond acceptors (Lipinski definition) is 5. The third kappa shape index (κ3) is 2.80. The molecule has 0 aromatic carbocycles. The van der Waals surface area contributed by atoms with E-state index in [1.165, 1.54) is 12.8 Å². The number of rotatable bonds is 5. The molecule has 1 fully saturated rings. The molecule has 2 heterocycles. The van der Waals surface area contributed by atoms with Crippen molar-refractivity contribution in [3.05, 3.63) is 23.8 Å². The monoisotopic (exact) mass is 289 g/mol. The van der Waals surface area contributed by atoms with Crippen molar-refractivity contribution in [3.8, 4) is 0 Å². The molecule has 3 rings (SSSR count). The van der Waals surface area contributed by atoms with Crippen molar-refractivity contribution in [3.63, 3.8) is 0 Å². The van der Waals surface area contributed by atoms with Gasteiger partial charge in [-0.25, -0.2) is 9.97 Å².